The van der Waals surface area contributed by atoms with Crippen LogP contribution in [-0.4, -0.2) is 0 Å². The van der Waals surface area contributed by atoms with Crippen LogP contribution in [0.3, 0.4) is 0 Å². The van der Waals surface area contributed by atoms with Gasteiger partial charge in [-0.1, -0.05) is 31.2 Å². The SMILES string of the molecule is C=CCCC1C=CC(/C(C)=C/C)=C(F)C1C. The molecule has 0 aromatic rings. The fraction of sp³-hybridized carbons (Fsp3) is 0.467. The first-order valence-corrected chi connectivity index (χ1v) is 5.93. The maximum Gasteiger partial charge on any atom is 0.111 e. The maximum atomic E-state index is 14.1. The summed E-state index contributed by atoms with van der Waals surface area (Å²) in [5.74, 6) is 0.341. The molecule has 0 radical (unpaired) electrons. The third-order valence-corrected chi connectivity index (χ3v) is 3.37. The van der Waals surface area contributed by atoms with E-state index in [-0.39, 0.29) is 11.7 Å². The molecule has 0 nitrogen and oxygen atoms in total. The van der Waals surface area contributed by atoms with Crippen molar-refractivity contribution in [2.75, 3.05) is 0 Å². The standard InChI is InChI=1S/C15H21F/c1-5-7-8-13-9-10-14(11(3)6-2)15(16)12(13)4/h5-6,9-10,12-13H,1,7-8H2,2-4H3/b11-6+. The predicted octanol–water partition coefficient (Wildman–Crippen LogP) is 4.96. The number of halogens is 1. The molecular formula is C15H21F. The Labute approximate surface area is 98.2 Å². The third-order valence-electron chi connectivity index (χ3n) is 3.37. The molecule has 0 bridgehead atoms. The molecule has 0 fully saturated rings. The van der Waals surface area contributed by atoms with Crippen LogP contribution in [0.1, 0.15) is 33.6 Å². The van der Waals surface area contributed by atoms with Gasteiger partial charge in [-0.3, -0.25) is 0 Å². The van der Waals surface area contributed by atoms with Crippen molar-refractivity contribution < 1.29 is 4.39 Å². The fourth-order valence-electron chi connectivity index (χ4n) is 2.03. The molecule has 0 aliphatic heterocycles. The Morgan fingerprint density at radius 1 is 1.56 bits per heavy atom. The first-order valence-electron chi connectivity index (χ1n) is 5.93. The second-order valence-corrected chi connectivity index (χ2v) is 4.41. The highest BCUT2D eigenvalue weighted by Crippen LogP contribution is 2.35. The number of hydrogen-bond donors (Lipinski definition) is 0. The van der Waals surface area contributed by atoms with E-state index in [0.717, 1.165) is 24.0 Å². The monoisotopic (exact) mass is 220 g/mol. The molecule has 0 spiro atoms. The van der Waals surface area contributed by atoms with Crippen molar-refractivity contribution in [3.05, 3.63) is 47.9 Å². The van der Waals surface area contributed by atoms with Crippen molar-refractivity contribution in [3.63, 3.8) is 0 Å². The quantitative estimate of drug-likeness (QED) is 0.587. The van der Waals surface area contributed by atoms with Crippen molar-refractivity contribution in [1.82, 2.24) is 0 Å². The molecule has 0 heterocycles. The minimum atomic E-state index is -0.00477. The molecule has 1 heteroatoms. The van der Waals surface area contributed by atoms with E-state index < -0.39 is 0 Å². The van der Waals surface area contributed by atoms with E-state index >= 15 is 0 Å². The van der Waals surface area contributed by atoms with Gasteiger partial charge in [0.2, 0.25) is 0 Å². The Hall–Kier alpha value is -1.11. The summed E-state index contributed by atoms with van der Waals surface area (Å²) in [7, 11) is 0. The van der Waals surface area contributed by atoms with Crippen LogP contribution in [0.15, 0.2) is 47.9 Å². The van der Waals surface area contributed by atoms with Gasteiger partial charge in [0.25, 0.3) is 0 Å². The largest absolute Gasteiger partial charge is 0.211 e. The van der Waals surface area contributed by atoms with E-state index in [9.17, 15) is 4.39 Å². The zero-order valence-corrected chi connectivity index (χ0v) is 10.5. The van der Waals surface area contributed by atoms with Crippen molar-refractivity contribution in [3.8, 4) is 0 Å². The molecule has 2 unspecified atom stereocenters. The zero-order valence-electron chi connectivity index (χ0n) is 10.5. The van der Waals surface area contributed by atoms with Gasteiger partial charge in [-0.05, 0) is 38.2 Å². The number of allylic oxidation sites excluding steroid dienone is 7. The highest BCUT2D eigenvalue weighted by molar-refractivity contribution is 5.43. The average molecular weight is 220 g/mol. The predicted molar refractivity (Wildman–Crippen MR) is 68.8 cm³/mol. The summed E-state index contributed by atoms with van der Waals surface area (Å²) in [6.07, 6.45) is 9.85. The van der Waals surface area contributed by atoms with Crippen molar-refractivity contribution in [1.29, 1.82) is 0 Å². The second kappa shape index (κ2) is 5.83. The smallest absolute Gasteiger partial charge is 0.111 e. The van der Waals surface area contributed by atoms with Crippen LogP contribution in [-0.2, 0) is 0 Å². The lowest BCUT2D eigenvalue weighted by Gasteiger charge is -2.25. The highest BCUT2D eigenvalue weighted by Gasteiger charge is 2.24. The van der Waals surface area contributed by atoms with Gasteiger partial charge in [-0.2, -0.15) is 0 Å². The summed E-state index contributed by atoms with van der Waals surface area (Å²) in [6.45, 7) is 9.57. The van der Waals surface area contributed by atoms with Gasteiger partial charge in [0.1, 0.15) is 5.83 Å². The van der Waals surface area contributed by atoms with Crippen LogP contribution in [0.4, 0.5) is 4.39 Å². The van der Waals surface area contributed by atoms with Crippen LogP contribution >= 0.6 is 0 Å². The minimum absolute atomic E-state index is 0.00477. The summed E-state index contributed by atoms with van der Waals surface area (Å²) in [6, 6.07) is 0. The summed E-state index contributed by atoms with van der Waals surface area (Å²) < 4.78 is 14.1. The van der Waals surface area contributed by atoms with E-state index in [0.29, 0.717) is 5.92 Å². The zero-order chi connectivity index (χ0) is 12.1. The fourth-order valence-corrected chi connectivity index (χ4v) is 2.03. The topological polar surface area (TPSA) is 0 Å². The van der Waals surface area contributed by atoms with Crippen molar-refractivity contribution >= 4 is 0 Å². The lowest BCUT2D eigenvalue weighted by molar-refractivity contribution is 0.376. The number of hydrogen-bond acceptors (Lipinski definition) is 0. The Balaban J connectivity index is 2.85. The van der Waals surface area contributed by atoms with E-state index in [1.807, 2.05) is 39.0 Å². The first-order chi connectivity index (χ1) is 7.61. The van der Waals surface area contributed by atoms with Crippen molar-refractivity contribution in [2.24, 2.45) is 11.8 Å². The normalized spacial score (nSPS) is 26.1. The average Bonchev–Trinajstić information content (AvgIpc) is 2.30. The Bertz CT molecular complexity index is 344. The molecule has 2 atom stereocenters. The van der Waals surface area contributed by atoms with Gasteiger partial charge in [0.05, 0.1) is 0 Å². The minimum Gasteiger partial charge on any atom is -0.211 e. The van der Waals surface area contributed by atoms with E-state index in [2.05, 4.69) is 12.7 Å². The molecule has 0 aromatic heterocycles. The van der Waals surface area contributed by atoms with Gasteiger partial charge in [-0.25, -0.2) is 4.39 Å². The molecule has 1 aliphatic carbocycles. The van der Waals surface area contributed by atoms with Gasteiger partial charge in [0, 0.05) is 11.5 Å². The third kappa shape index (κ3) is 2.72. The highest BCUT2D eigenvalue weighted by atomic mass is 19.1. The van der Waals surface area contributed by atoms with Crippen LogP contribution in [0.25, 0.3) is 0 Å². The first kappa shape index (κ1) is 13.0. The van der Waals surface area contributed by atoms with Crippen LogP contribution < -0.4 is 0 Å². The molecule has 16 heavy (non-hydrogen) atoms. The van der Waals surface area contributed by atoms with E-state index in [1.165, 1.54) is 0 Å². The molecule has 0 saturated carbocycles. The summed E-state index contributed by atoms with van der Waals surface area (Å²) in [4.78, 5) is 0. The summed E-state index contributed by atoms with van der Waals surface area (Å²) in [5.41, 5.74) is 1.78. The Kier molecular flexibility index (Phi) is 4.72. The Morgan fingerprint density at radius 2 is 2.25 bits per heavy atom. The van der Waals surface area contributed by atoms with Crippen LogP contribution in [0, 0.1) is 11.8 Å². The van der Waals surface area contributed by atoms with Gasteiger partial charge >= 0.3 is 0 Å². The summed E-state index contributed by atoms with van der Waals surface area (Å²) in [5, 5.41) is 0. The van der Waals surface area contributed by atoms with Crippen LogP contribution in [0.5, 0.6) is 0 Å². The van der Waals surface area contributed by atoms with E-state index in [1.54, 1.807) is 0 Å². The molecule has 1 aliphatic rings. The maximum absolute atomic E-state index is 14.1. The second-order valence-electron chi connectivity index (χ2n) is 4.41. The number of rotatable bonds is 4. The summed E-state index contributed by atoms with van der Waals surface area (Å²) >= 11 is 0. The van der Waals surface area contributed by atoms with Gasteiger partial charge < -0.3 is 0 Å². The lowest BCUT2D eigenvalue weighted by Crippen LogP contribution is -2.15. The molecule has 0 N–H and O–H groups in total. The lowest BCUT2D eigenvalue weighted by atomic mass is 9.81. The molecule has 0 aromatic carbocycles. The van der Waals surface area contributed by atoms with Gasteiger partial charge in [-0.15, -0.1) is 6.58 Å². The molecule has 1 rings (SSSR count). The van der Waals surface area contributed by atoms with Crippen molar-refractivity contribution in [2.45, 2.75) is 33.6 Å². The van der Waals surface area contributed by atoms with Gasteiger partial charge in [0.15, 0.2) is 0 Å². The molecule has 0 amide bonds. The van der Waals surface area contributed by atoms with E-state index in [4.69, 9.17) is 0 Å². The molecule has 88 valence electrons. The molecular weight excluding hydrogens is 199 g/mol. The Morgan fingerprint density at radius 3 is 2.81 bits per heavy atom. The molecule has 0 saturated heterocycles. The van der Waals surface area contributed by atoms with Crippen LogP contribution in [0.2, 0.25) is 0 Å².